The van der Waals surface area contributed by atoms with Crippen LogP contribution in [0.25, 0.3) is 0 Å². The molecular formula is C22H26N2. The fraction of sp³-hybridized carbons (Fsp3) is 0.455. The van der Waals surface area contributed by atoms with Crippen LogP contribution in [0.3, 0.4) is 0 Å². The summed E-state index contributed by atoms with van der Waals surface area (Å²) in [6.07, 6.45) is 11.8. The molecule has 1 aromatic carbocycles. The van der Waals surface area contributed by atoms with Gasteiger partial charge >= 0.3 is 0 Å². The van der Waals surface area contributed by atoms with Crippen LogP contribution < -0.4 is 0 Å². The van der Waals surface area contributed by atoms with E-state index in [4.69, 9.17) is 0 Å². The third-order valence-electron chi connectivity index (χ3n) is 5.03. The Bertz CT molecular complexity index is 696. The molecule has 1 aromatic heterocycles. The molecular weight excluding hydrogens is 292 g/mol. The molecule has 0 saturated heterocycles. The number of hydrogen-bond donors (Lipinski definition) is 0. The smallest absolute Gasteiger partial charge is 0.205 e. The van der Waals surface area contributed by atoms with Gasteiger partial charge in [-0.1, -0.05) is 37.8 Å². The molecule has 1 fully saturated rings. The van der Waals surface area contributed by atoms with Gasteiger partial charge in [-0.15, -0.1) is 0 Å². The monoisotopic (exact) mass is 318 g/mol. The first-order valence-electron chi connectivity index (χ1n) is 9.15. The number of benzene rings is 1. The quantitative estimate of drug-likeness (QED) is 0.722. The number of aromatic nitrogens is 2. The first-order chi connectivity index (χ1) is 11.7. The predicted molar refractivity (Wildman–Crippen MR) is 98.8 cm³/mol. The summed E-state index contributed by atoms with van der Waals surface area (Å²) in [7, 11) is 0. The molecule has 0 spiro atoms. The van der Waals surface area contributed by atoms with Gasteiger partial charge in [0.05, 0.1) is 0 Å². The Morgan fingerprint density at radius 3 is 2.25 bits per heavy atom. The second-order valence-electron chi connectivity index (χ2n) is 6.96. The van der Waals surface area contributed by atoms with Crippen LogP contribution in [0.5, 0.6) is 0 Å². The number of aryl methyl sites for hydroxylation is 1. The van der Waals surface area contributed by atoms with Crippen molar-refractivity contribution in [1.29, 1.82) is 0 Å². The molecule has 0 N–H and O–H groups in total. The summed E-state index contributed by atoms with van der Waals surface area (Å²) in [5.74, 6) is 8.48. The van der Waals surface area contributed by atoms with Crippen LogP contribution in [0.4, 0.5) is 0 Å². The van der Waals surface area contributed by atoms with E-state index >= 15 is 0 Å². The normalized spacial score (nSPS) is 20.2. The van der Waals surface area contributed by atoms with Crippen molar-refractivity contribution in [1.82, 2.24) is 9.97 Å². The summed E-state index contributed by atoms with van der Waals surface area (Å²) < 4.78 is 0. The topological polar surface area (TPSA) is 25.8 Å². The van der Waals surface area contributed by atoms with Crippen molar-refractivity contribution < 1.29 is 0 Å². The lowest BCUT2D eigenvalue weighted by Gasteiger charge is -2.28. The lowest BCUT2D eigenvalue weighted by Crippen LogP contribution is -2.13. The van der Waals surface area contributed by atoms with E-state index in [-0.39, 0.29) is 0 Å². The number of hydrogen-bond acceptors (Lipinski definition) is 2. The van der Waals surface area contributed by atoms with Crippen LogP contribution in [0, 0.1) is 24.7 Å². The van der Waals surface area contributed by atoms with E-state index in [0.29, 0.717) is 5.82 Å². The maximum absolute atomic E-state index is 4.22. The van der Waals surface area contributed by atoms with Crippen molar-refractivity contribution in [3.05, 3.63) is 59.2 Å². The van der Waals surface area contributed by atoms with E-state index in [1.165, 1.54) is 44.1 Å². The third kappa shape index (κ3) is 4.45. The van der Waals surface area contributed by atoms with Crippen LogP contribution in [-0.2, 0) is 0 Å². The van der Waals surface area contributed by atoms with Crippen LogP contribution in [0.1, 0.15) is 73.9 Å². The standard InChI is InChI=1S/C22H26N2/c1-3-4-18-5-10-20(11-6-18)21-12-7-19(8-13-21)9-14-22-23-15-17(2)16-24-22/h7-8,12-13,15-16,18,20H,3-6,10-11H2,1-2H3/t18-,20-. The largest absolute Gasteiger partial charge is 0.229 e. The first kappa shape index (κ1) is 16.7. The molecule has 0 atom stereocenters. The van der Waals surface area contributed by atoms with Gasteiger partial charge in [-0.05, 0) is 73.6 Å². The Balaban J connectivity index is 1.61. The van der Waals surface area contributed by atoms with Crippen LogP contribution in [0.2, 0.25) is 0 Å². The maximum Gasteiger partial charge on any atom is 0.205 e. The van der Waals surface area contributed by atoms with Gasteiger partial charge in [0, 0.05) is 18.0 Å². The van der Waals surface area contributed by atoms with E-state index in [1.807, 2.05) is 6.92 Å². The lowest BCUT2D eigenvalue weighted by molar-refractivity contribution is 0.308. The minimum atomic E-state index is 0.582. The zero-order chi connectivity index (χ0) is 16.8. The van der Waals surface area contributed by atoms with E-state index in [2.05, 4.69) is 53.0 Å². The number of nitrogens with zero attached hydrogens (tertiary/aromatic N) is 2. The molecule has 24 heavy (non-hydrogen) atoms. The Hall–Kier alpha value is -2.14. The van der Waals surface area contributed by atoms with Crippen molar-refractivity contribution in [3.63, 3.8) is 0 Å². The summed E-state index contributed by atoms with van der Waals surface area (Å²) in [5.41, 5.74) is 3.56. The molecule has 0 aliphatic heterocycles. The molecule has 124 valence electrons. The predicted octanol–water partition coefficient (Wildman–Crippen LogP) is 5.26. The molecule has 0 radical (unpaired) electrons. The molecule has 0 bridgehead atoms. The summed E-state index contributed by atoms with van der Waals surface area (Å²) in [4.78, 5) is 8.44. The zero-order valence-electron chi connectivity index (χ0n) is 14.8. The highest BCUT2D eigenvalue weighted by Crippen LogP contribution is 2.37. The molecule has 1 aliphatic carbocycles. The second-order valence-corrected chi connectivity index (χ2v) is 6.96. The summed E-state index contributed by atoms with van der Waals surface area (Å²) in [6.45, 7) is 4.28. The highest BCUT2D eigenvalue weighted by Gasteiger charge is 2.21. The Morgan fingerprint density at radius 1 is 0.958 bits per heavy atom. The van der Waals surface area contributed by atoms with E-state index in [1.54, 1.807) is 12.4 Å². The van der Waals surface area contributed by atoms with Crippen molar-refractivity contribution in [2.24, 2.45) is 5.92 Å². The average Bonchev–Trinajstić information content (AvgIpc) is 2.63. The fourth-order valence-corrected chi connectivity index (χ4v) is 3.62. The molecule has 0 unspecified atom stereocenters. The minimum absolute atomic E-state index is 0.582. The molecule has 1 aliphatic rings. The van der Waals surface area contributed by atoms with Gasteiger partial charge < -0.3 is 0 Å². The molecule has 2 aromatic rings. The van der Waals surface area contributed by atoms with Gasteiger partial charge in [-0.25, -0.2) is 9.97 Å². The van der Waals surface area contributed by atoms with E-state index < -0.39 is 0 Å². The third-order valence-corrected chi connectivity index (χ3v) is 5.03. The lowest BCUT2D eigenvalue weighted by atomic mass is 9.77. The number of rotatable bonds is 3. The van der Waals surface area contributed by atoms with Crippen molar-refractivity contribution >= 4 is 0 Å². The molecule has 3 rings (SSSR count). The molecule has 1 saturated carbocycles. The van der Waals surface area contributed by atoms with Crippen molar-refractivity contribution in [3.8, 4) is 11.8 Å². The summed E-state index contributed by atoms with van der Waals surface area (Å²) >= 11 is 0. The van der Waals surface area contributed by atoms with Gasteiger partial charge in [-0.2, -0.15) is 0 Å². The zero-order valence-corrected chi connectivity index (χ0v) is 14.8. The average molecular weight is 318 g/mol. The molecule has 2 nitrogen and oxygen atoms in total. The molecule has 2 heteroatoms. The van der Waals surface area contributed by atoms with Crippen molar-refractivity contribution in [2.75, 3.05) is 0 Å². The summed E-state index contributed by atoms with van der Waals surface area (Å²) in [5, 5.41) is 0. The van der Waals surface area contributed by atoms with Crippen LogP contribution >= 0.6 is 0 Å². The first-order valence-corrected chi connectivity index (χ1v) is 9.15. The fourth-order valence-electron chi connectivity index (χ4n) is 3.62. The van der Waals surface area contributed by atoms with Gasteiger partial charge in [-0.3, -0.25) is 0 Å². The van der Waals surface area contributed by atoms with Crippen molar-refractivity contribution in [2.45, 2.75) is 58.3 Å². The molecule has 1 heterocycles. The Morgan fingerprint density at radius 2 is 1.62 bits per heavy atom. The van der Waals surface area contributed by atoms with E-state index in [9.17, 15) is 0 Å². The second kappa shape index (κ2) is 8.11. The SMILES string of the molecule is CCC[C@H]1CC[C@H](c2ccc(C#Cc3ncc(C)cn3)cc2)CC1. The van der Waals surface area contributed by atoms with Gasteiger partial charge in [0.15, 0.2) is 0 Å². The Labute approximate surface area is 145 Å². The van der Waals surface area contributed by atoms with Crippen LogP contribution in [0.15, 0.2) is 36.7 Å². The molecule has 0 amide bonds. The van der Waals surface area contributed by atoms with Gasteiger partial charge in [0.25, 0.3) is 0 Å². The highest BCUT2D eigenvalue weighted by molar-refractivity contribution is 5.40. The maximum atomic E-state index is 4.22. The highest BCUT2D eigenvalue weighted by atomic mass is 14.8. The summed E-state index contributed by atoms with van der Waals surface area (Å²) in [6, 6.07) is 8.78. The van der Waals surface area contributed by atoms with Gasteiger partial charge in [0.1, 0.15) is 0 Å². The minimum Gasteiger partial charge on any atom is -0.229 e. The van der Waals surface area contributed by atoms with E-state index in [0.717, 1.165) is 23.0 Å². The Kier molecular flexibility index (Phi) is 5.64. The van der Waals surface area contributed by atoms with Gasteiger partial charge in [0.2, 0.25) is 5.82 Å². The van der Waals surface area contributed by atoms with Crippen LogP contribution in [-0.4, -0.2) is 9.97 Å².